The lowest BCUT2D eigenvalue weighted by Gasteiger charge is -2.32. The van der Waals surface area contributed by atoms with E-state index in [1.807, 2.05) is 12.3 Å². The van der Waals surface area contributed by atoms with Crippen LogP contribution in [0.25, 0.3) is 5.69 Å². The Morgan fingerprint density at radius 1 is 0.897 bits per heavy atom. The minimum Gasteiger partial charge on any atom is -0.379 e. The zero-order valence-electron chi connectivity index (χ0n) is 22.9. The highest BCUT2D eigenvalue weighted by Crippen LogP contribution is 2.41. The number of pyridine rings is 1. The van der Waals surface area contributed by atoms with E-state index in [0.717, 1.165) is 76.5 Å². The first-order valence-electron chi connectivity index (χ1n) is 14.0. The molecule has 5 heterocycles. The first-order valence-corrected chi connectivity index (χ1v) is 14.4. The summed E-state index contributed by atoms with van der Waals surface area (Å²) in [6.45, 7) is 13.2. The molecule has 0 radical (unpaired) electrons. The van der Waals surface area contributed by atoms with Crippen molar-refractivity contribution in [1.82, 2.24) is 24.7 Å². The third-order valence-electron chi connectivity index (χ3n) is 8.23. The maximum Gasteiger partial charge on any atom is 0.170 e. The molecule has 2 atom stereocenters. The smallest absolute Gasteiger partial charge is 0.170 e. The van der Waals surface area contributed by atoms with E-state index in [4.69, 9.17) is 26.7 Å². The van der Waals surface area contributed by atoms with Crippen molar-refractivity contribution in [2.75, 3.05) is 70.6 Å². The second-order valence-electron chi connectivity index (χ2n) is 10.6. The van der Waals surface area contributed by atoms with Gasteiger partial charge in [-0.25, -0.2) is 0 Å². The molecule has 39 heavy (non-hydrogen) atoms. The number of nitrogens with zero attached hydrogens (tertiary/aromatic N) is 5. The zero-order valence-corrected chi connectivity index (χ0v) is 23.7. The van der Waals surface area contributed by atoms with E-state index in [1.54, 1.807) is 0 Å². The largest absolute Gasteiger partial charge is 0.379 e. The van der Waals surface area contributed by atoms with Crippen LogP contribution in [0, 0.1) is 13.8 Å². The van der Waals surface area contributed by atoms with Gasteiger partial charge in [-0.15, -0.1) is 0 Å². The Labute approximate surface area is 236 Å². The lowest BCUT2D eigenvalue weighted by molar-refractivity contribution is 0.0350. The highest BCUT2D eigenvalue weighted by Gasteiger charge is 2.41. The highest BCUT2D eigenvalue weighted by atomic mass is 32.1. The normalized spacial score (nSPS) is 22.4. The van der Waals surface area contributed by atoms with E-state index in [9.17, 15) is 0 Å². The van der Waals surface area contributed by atoms with Crippen molar-refractivity contribution in [3.8, 4) is 5.69 Å². The summed E-state index contributed by atoms with van der Waals surface area (Å²) in [4.78, 5) is 12.0. The first kappa shape index (κ1) is 26.3. The van der Waals surface area contributed by atoms with Crippen LogP contribution in [0.2, 0.25) is 0 Å². The van der Waals surface area contributed by atoms with Crippen molar-refractivity contribution in [3.05, 3.63) is 77.4 Å². The van der Waals surface area contributed by atoms with Gasteiger partial charge in [0.1, 0.15) is 0 Å². The zero-order chi connectivity index (χ0) is 26.8. The van der Waals surface area contributed by atoms with Gasteiger partial charge in [0, 0.05) is 68.2 Å². The minimum atomic E-state index is -0.0129. The van der Waals surface area contributed by atoms with Gasteiger partial charge >= 0.3 is 0 Å². The quantitative estimate of drug-likeness (QED) is 0.451. The molecular formula is C30H38N6O2S. The van der Waals surface area contributed by atoms with Crippen LogP contribution in [-0.2, 0) is 9.47 Å². The van der Waals surface area contributed by atoms with Crippen LogP contribution < -0.4 is 10.2 Å². The number of aromatic nitrogens is 2. The van der Waals surface area contributed by atoms with E-state index in [2.05, 4.69) is 80.9 Å². The SMILES string of the molecule is Cc1cc([C@H]2[C@@H](c3ccccn3)NC(=S)N2CCN2CCOCC2)c(C)n1-c1ccc(N2CCOCC2)cc1. The monoisotopic (exact) mass is 546 g/mol. The number of aryl methyl sites for hydroxylation is 1. The molecule has 0 aliphatic carbocycles. The molecule has 2 aromatic heterocycles. The Kier molecular flexibility index (Phi) is 7.83. The van der Waals surface area contributed by atoms with Gasteiger partial charge in [-0.05, 0) is 74.1 Å². The number of hydrogen-bond acceptors (Lipinski definition) is 6. The fourth-order valence-electron chi connectivity index (χ4n) is 6.18. The molecule has 3 aliphatic rings. The first-order chi connectivity index (χ1) is 19.1. The van der Waals surface area contributed by atoms with E-state index in [-0.39, 0.29) is 12.1 Å². The molecule has 0 amide bonds. The number of morpholine rings is 2. The molecule has 1 aromatic carbocycles. The molecule has 6 rings (SSSR count). The number of anilines is 1. The molecule has 3 fully saturated rings. The van der Waals surface area contributed by atoms with Gasteiger partial charge in [-0.3, -0.25) is 9.88 Å². The van der Waals surface area contributed by atoms with Gasteiger partial charge in [0.05, 0.1) is 44.2 Å². The lowest BCUT2D eigenvalue weighted by atomic mass is 9.96. The third-order valence-corrected chi connectivity index (χ3v) is 8.58. The number of ether oxygens (including phenoxy) is 2. The fourth-order valence-corrected chi connectivity index (χ4v) is 6.51. The summed E-state index contributed by atoms with van der Waals surface area (Å²) in [6, 6.07) is 17.4. The second kappa shape index (κ2) is 11.6. The van der Waals surface area contributed by atoms with Crippen molar-refractivity contribution >= 4 is 23.0 Å². The van der Waals surface area contributed by atoms with Gasteiger partial charge < -0.3 is 29.2 Å². The summed E-state index contributed by atoms with van der Waals surface area (Å²) in [7, 11) is 0. The highest BCUT2D eigenvalue weighted by molar-refractivity contribution is 7.80. The van der Waals surface area contributed by atoms with Crippen molar-refractivity contribution in [3.63, 3.8) is 0 Å². The Morgan fingerprint density at radius 2 is 1.59 bits per heavy atom. The topological polar surface area (TPSA) is 58.0 Å². The number of hydrogen-bond donors (Lipinski definition) is 1. The van der Waals surface area contributed by atoms with Crippen molar-refractivity contribution in [2.24, 2.45) is 0 Å². The molecular weight excluding hydrogens is 508 g/mol. The van der Waals surface area contributed by atoms with Crippen LogP contribution in [0.3, 0.4) is 0 Å². The van der Waals surface area contributed by atoms with Gasteiger partial charge in [0.2, 0.25) is 0 Å². The van der Waals surface area contributed by atoms with Gasteiger partial charge in [0.15, 0.2) is 5.11 Å². The molecule has 1 N–H and O–H groups in total. The molecule has 3 saturated heterocycles. The van der Waals surface area contributed by atoms with E-state index >= 15 is 0 Å². The standard InChI is InChI=1S/C30H38N6O2S/c1-22-21-26(23(2)36(22)25-8-6-24(7-9-25)34-15-19-38-20-16-34)29-28(27-5-3-4-10-31-27)32-30(39)35(29)12-11-33-13-17-37-18-14-33/h3-10,21,28-29H,11-20H2,1-2H3,(H,32,39)/t28-,29+/m1/s1. The Balaban J connectivity index is 1.31. The maximum absolute atomic E-state index is 5.94. The van der Waals surface area contributed by atoms with Crippen molar-refractivity contribution in [2.45, 2.75) is 25.9 Å². The van der Waals surface area contributed by atoms with Gasteiger partial charge in [-0.2, -0.15) is 0 Å². The van der Waals surface area contributed by atoms with Crippen LogP contribution in [0.15, 0.2) is 54.7 Å². The van der Waals surface area contributed by atoms with E-state index < -0.39 is 0 Å². The van der Waals surface area contributed by atoms with Crippen LogP contribution >= 0.6 is 12.2 Å². The summed E-state index contributed by atoms with van der Waals surface area (Å²) in [5, 5.41) is 4.42. The van der Waals surface area contributed by atoms with E-state index in [0.29, 0.717) is 0 Å². The molecule has 8 nitrogen and oxygen atoms in total. The Hall–Kier alpha value is -2.98. The summed E-state index contributed by atoms with van der Waals surface area (Å²) in [6.07, 6.45) is 1.87. The van der Waals surface area contributed by atoms with Crippen molar-refractivity contribution in [1.29, 1.82) is 0 Å². The van der Waals surface area contributed by atoms with Crippen LogP contribution in [-0.4, -0.2) is 90.2 Å². The average molecular weight is 547 g/mol. The molecule has 0 bridgehead atoms. The molecule has 0 spiro atoms. The minimum absolute atomic E-state index is 0.0129. The predicted octanol–water partition coefficient (Wildman–Crippen LogP) is 3.63. The van der Waals surface area contributed by atoms with Crippen molar-refractivity contribution < 1.29 is 9.47 Å². The summed E-state index contributed by atoms with van der Waals surface area (Å²) in [5.41, 5.74) is 7.18. The molecule has 3 aromatic rings. The average Bonchev–Trinajstić information content (AvgIpc) is 3.47. The summed E-state index contributed by atoms with van der Waals surface area (Å²) >= 11 is 5.94. The number of thiocarbonyl (C=S) groups is 1. The molecule has 0 saturated carbocycles. The summed E-state index contributed by atoms with van der Waals surface area (Å²) in [5.74, 6) is 0. The molecule has 9 heteroatoms. The second-order valence-corrected chi connectivity index (χ2v) is 10.9. The van der Waals surface area contributed by atoms with Crippen LogP contribution in [0.1, 0.15) is 34.7 Å². The molecule has 0 unspecified atom stereocenters. The Bertz CT molecular complexity index is 1270. The Morgan fingerprint density at radius 3 is 2.28 bits per heavy atom. The third kappa shape index (κ3) is 5.41. The lowest BCUT2D eigenvalue weighted by Crippen LogP contribution is -2.42. The van der Waals surface area contributed by atoms with Crippen LogP contribution in [0.4, 0.5) is 5.69 Å². The fraction of sp³-hybridized carbons (Fsp3) is 0.467. The maximum atomic E-state index is 5.94. The number of rotatable bonds is 7. The molecule has 206 valence electrons. The molecule has 3 aliphatic heterocycles. The number of nitrogens with one attached hydrogen (secondary N) is 1. The number of benzene rings is 1. The van der Waals surface area contributed by atoms with Crippen LogP contribution in [0.5, 0.6) is 0 Å². The predicted molar refractivity (Wildman–Crippen MR) is 158 cm³/mol. The van der Waals surface area contributed by atoms with Gasteiger partial charge in [-0.1, -0.05) is 6.07 Å². The summed E-state index contributed by atoms with van der Waals surface area (Å²) < 4.78 is 13.5. The van der Waals surface area contributed by atoms with E-state index in [1.165, 1.54) is 28.3 Å². The van der Waals surface area contributed by atoms with Gasteiger partial charge in [0.25, 0.3) is 0 Å².